The van der Waals surface area contributed by atoms with Crippen molar-refractivity contribution >= 4 is 29.4 Å². The lowest BCUT2D eigenvalue weighted by Crippen LogP contribution is -2.55. The summed E-state index contributed by atoms with van der Waals surface area (Å²) < 4.78 is 7.00. The van der Waals surface area contributed by atoms with Gasteiger partial charge in [-0.05, 0) is 61.1 Å². The Bertz CT molecular complexity index is 1060. The van der Waals surface area contributed by atoms with Crippen molar-refractivity contribution in [2.75, 3.05) is 37.5 Å². The van der Waals surface area contributed by atoms with E-state index in [1.54, 1.807) is 60.2 Å². The van der Waals surface area contributed by atoms with Gasteiger partial charge in [-0.1, -0.05) is 6.07 Å². The van der Waals surface area contributed by atoms with Crippen LogP contribution in [-0.2, 0) is 11.3 Å². The Kier molecular flexibility index (Phi) is 7.27. The van der Waals surface area contributed by atoms with Crippen LogP contribution in [0.15, 0.2) is 47.3 Å². The first kappa shape index (κ1) is 23.2. The third-order valence-electron chi connectivity index (χ3n) is 6.35. The Balaban J connectivity index is 1.42. The summed E-state index contributed by atoms with van der Waals surface area (Å²) in [7, 11) is 1.59. The molecule has 8 nitrogen and oxygen atoms in total. The number of thioether (sulfide) groups is 1. The first-order chi connectivity index (χ1) is 16.0. The van der Waals surface area contributed by atoms with E-state index in [9.17, 15) is 14.4 Å². The summed E-state index contributed by atoms with van der Waals surface area (Å²) in [6.07, 6.45) is 3.49. The summed E-state index contributed by atoms with van der Waals surface area (Å²) in [4.78, 5) is 40.2. The standard InChI is InChI=1S/C24H30N4O4S/c1-32-19-8-6-18(7-9-19)25-23(30)20(10-11-33-2)26-24(31)27-13-16-12-17(15-27)21-4-3-5-22(29)28(21)14-16/h3-9,16-17,20H,10-15H2,1-2H3,(H,25,30)(H,26,31)/t16-,17+,20+/m1/s1. The smallest absolute Gasteiger partial charge is 0.318 e. The van der Waals surface area contributed by atoms with Crippen LogP contribution in [-0.4, -0.2) is 59.7 Å². The number of benzene rings is 1. The maximum Gasteiger partial charge on any atom is 0.318 e. The minimum absolute atomic E-state index is 0.0208. The van der Waals surface area contributed by atoms with Crippen molar-refractivity contribution in [3.8, 4) is 5.75 Å². The van der Waals surface area contributed by atoms with E-state index in [2.05, 4.69) is 10.6 Å². The number of anilines is 1. The van der Waals surface area contributed by atoms with Gasteiger partial charge in [-0.15, -0.1) is 0 Å². The second-order valence-electron chi connectivity index (χ2n) is 8.60. The molecule has 0 unspecified atom stereocenters. The fourth-order valence-corrected chi connectivity index (χ4v) is 5.18. The van der Waals surface area contributed by atoms with Gasteiger partial charge in [0, 0.05) is 43.0 Å². The van der Waals surface area contributed by atoms with Crippen LogP contribution in [0.4, 0.5) is 10.5 Å². The molecule has 33 heavy (non-hydrogen) atoms. The number of hydrogen-bond acceptors (Lipinski definition) is 5. The monoisotopic (exact) mass is 470 g/mol. The van der Waals surface area contributed by atoms with E-state index in [0.29, 0.717) is 37.5 Å². The molecule has 2 aliphatic rings. The molecule has 2 N–H and O–H groups in total. The second kappa shape index (κ2) is 10.3. The average Bonchev–Trinajstić information content (AvgIpc) is 2.82. The minimum atomic E-state index is -0.635. The zero-order valence-electron chi connectivity index (χ0n) is 19.0. The maximum absolute atomic E-state index is 13.2. The Morgan fingerprint density at radius 2 is 1.94 bits per heavy atom. The molecular formula is C24H30N4O4S. The quantitative estimate of drug-likeness (QED) is 0.649. The maximum atomic E-state index is 13.2. The van der Waals surface area contributed by atoms with E-state index in [4.69, 9.17) is 4.74 Å². The second-order valence-corrected chi connectivity index (χ2v) is 9.59. The molecular weight excluding hydrogens is 440 g/mol. The topological polar surface area (TPSA) is 92.7 Å². The number of nitrogens with one attached hydrogen (secondary N) is 2. The number of nitrogens with zero attached hydrogens (tertiary/aromatic N) is 2. The van der Waals surface area contributed by atoms with E-state index < -0.39 is 6.04 Å². The number of fused-ring (bicyclic) bond motifs is 4. The molecule has 0 saturated carbocycles. The van der Waals surface area contributed by atoms with Gasteiger partial charge in [-0.2, -0.15) is 11.8 Å². The van der Waals surface area contributed by atoms with Gasteiger partial charge in [0.15, 0.2) is 0 Å². The number of ether oxygens (including phenoxy) is 1. The summed E-state index contributed by atoms with van der Waals surface area (Å²) in [6.45, 7) is 1.75. The van der Waals surface area contributed by atoms with Crippen LogP contribution in [0.25, 0.3) is 0 Å². The van der Waals surface area contributed by atoms with Gasteiger partial charge in [0.1, 0.15) is 11.8 Å². The van der Waals surface area contributed by atoms with Crippen LogP contribution in [0.2, 0.25) is 0 Å². The van der Waals surface area contributed by atoms with E-state index in [1.807, 2.05) is 16.9 Å². The van der Waals surface area contributed by atoms with Crippen LogP contribution in [0.1, 0.15) is 24.5 Å². The molecule has 1 fully saturated rings. The molecule has 3 atom stereocenters. The van der Waals surface area contributed by atoms with Crippen LogP contribution in [0.5, 0.6) is 5.75 Å². The zero-order valence-corrected chi connectivity index (χ0v) is 19.8. The molecule has 2 bridgehead atoms. The Labute approximate surface area is 197 Å². The van der Waals surface area contributed by atoms with Crippen LogP contribution < -0.4 is 20.9 Å². The van der Waals surface area contributed by atoms with E-state index in [0.717, 1.165) is 17.9 Å². The predicted molar refractivity (Wildman–Crippen MR) is 130 cm³/mol. The summed E-state index contributed by atoms with van der Waals surface area (Å²) in [5.41, 5.74) is 1.67. The largest absolute Gasteiger partial charge is 0.497 e. The van der Waals surface area contributed by atoms with Gasteiger partial charge in [0.25, 0.3) is 5.56 Å². The van der Waals surface area contributed by atoms with Gasteiger partial charge in [-0.3, -0.25) is 9.59 Å². The number of hydrogen-bond donors (Lipinski definition) is 2. The number of methoxy groups -OCH3 is 1. The molecule has 0 spiro atoms. The minimum Gasteiger partial charge on any atom is -0.497 e. The van der Waals surface area contributed by atoms with Crippen LogP contribution >= 0.6 is 11.8 Å². The van der Waals surface area contributed by atoms with Crippen molar-refractivity contribution in [3.05, 3.63) is 58.5 Å². The lowest BCUT2D eigenvalue weighted by molar-refractivity contribution is -0.118. The number of pyridine rings is 1. The molecule has 4 rings (SSSR count). The number of amides is 3. The van der Waals surface area contributed by atoms with E-state index >= 15 is 0 Å². The lowest BCUT2D eigenvalue weighted by atomic mass is 9.83. The van der Waals surface area contributed by atoms with E-state index in [1.165, 1.54) is 0 Å². The predicted octanol–water partition coefficient (Wildman–Crippen LogP) is 2.75. The molecule has 1 aromatic carbocycles. The summed E-state index contributed by atoms with van der Waals surface area (Å²) in [5, 5.41) is 5.85. The van der Waals surface area contributed by atoms with Crippen molar-refractivity contribution in [2.45, 2.75) is 31.3 Å². The van der Waals surface area contributed by atoms with Crippen molar-refractivity contribution in [3.63, 3.8) is 0 Å². The number of piperidine rings is 1. The SMILES string of the molecule is COc1ccc(NC(=O)[C@H](CCSC)NC(=O)N2C[C@H]3C[C@@H](C2)c2cccc(=O)n2C3)cc1. The molecule has 1 aromatic heterocycles. The highest BCUT2D eigenvalue weighted by Crippen LogP contribution is 2.34. The fraction of sp³-hybridized carbons (Fsp3) is 0.458. The van der Waals surface area contributed by atoms with Gasteiger partial charge in [-0.25, -0.2) is 4.79 Å². The molecule has 3 amide bonds. The first-order valence-corrected chi connectivity index (χ1v) is 12.6. The number of likely N-dealkylation sites (tertiary alicyclic amines) is 1. The third kappa shape index (κ3) is 5.35. The molecule has 2 aromatic rings. The van der Waals surface area contributed by atoms with E-state index in [-0.39, 0.29) is 29.3 Å². The van der Waals surface area contributed by atoms with Gasteiger partial charge < -0.3 is 24.8 Å². The molecule has 2 aliphatic heterocycles. The fourth-order valence-electron chi connectivity index (χ4n) is 4.71. The molecule has 1 saturated heterocycles. The molecule has 9 heteroatoms. The number of urea groups is 1. The van der Waals surface area contributed by atoms with Crippen molar-refractivity contribution in [2.24, 2.45) is 5.92 Å². The normalized spacial score (nSPS) is 19.9. The summed E-state index contributed by atoms with van der Waals surface area (Å²) in [6, 6.07) is 11.6. The van der Waals surface area contributed by atoms with Crippen molar-refractivity contribution in [1.82, 2.24) is 14.8 Å². The molecule has 176 valence electrons. The average molecular weight is 471 g/mol. The highest BCUT2D eigenvalue weighted by molar-refractivity contribution is 7.98. The molecule has 0 radical (unpaired) electrons. The first-order valence-electron chi connectivity index (χ1n) is 11.2. The highest BCUT2D eigenvalue weighted by Gasteiger charge is 2.37. The zero-order chi connectivity index (χ0) is 23.4. The van der Waals surface area contributed by atoms with Gasteiger partial charge >= 0.3 is 6.03 Å². The third-order valence-corrected chi connectivity index (χ3v) is 6.99. The number of carbonyl (C=O) groups is 2. The molecule has 3 heterocycles. The number of rotatable bonds is 7. The van der Waals surface area contributed by atoms with Gasteiger partial charge in [0.2, 0.25) is 5.91 Å². The Morgan fingerprint density at radius 1 is 1.15 bits per heavy atom. The van der Waals surface area contributed by atoms with Gasteiger partial charge in [0.05, 0.1) is 7.11 Å². The Hall–Kier alpha value is -2.94. The highest BCUT2D eigenvalue weighted by atomic mass is 32.2. The van der Waals surface area contributed by atoms with Crippen LogP contribution in [0.3, 0.4) is 0 Å². The summed E-state index contributed by atoms with van der Waals surface area (Å²) in [5.74, 6) is 1.59. The van der Waals surface area contributed by atoms with Crippen molar-refractivity contribution < 1.29 is 14.3 Å². The number of carbonyl (C=O) groups excluding carboxylic acids is 2. The lowest BCUT2D eigenvalue weighted by Gasteiger charge is -2.43. The number of aromatic nitrogens is 1. The molecule has 0 aliphatic carbocycles. The Morgan fingerprint density at radius 3 is 2.67 bits per heavy atom. The summed E-state index contributed by atoms with van der Waals surface area (Å²) >= 11 is 1.63. The van der Waals surface area contributed by atoms with Crippen molar-refractivity contribution in [1.29, 1.82) is 0 Å². The van der Waals surface area contributed by atoms with Crippen LogP contribution in [0, 0.1) is 5.92 Å².